The molecule has 2 heterocycles. The number of hydrogen-bond donors (Lipinski definition) is 1. The largest absolute Gasteiger partial charge is 0.481 e. The molecule has 0 radical (unpaired) electrons. The molecular weight excluding hydrogens is 310 g/mol. The molecule has 1 aliphatic rings. The quantitative estimate of drug-likeness (QED) is 0.928. The van der Waals surface area contributed by atoms with Crippen LogP contribution in [-0.2, 0) is 4.79 Å². The van der Waals surface area contributed by atoms with Gasteiger partial charge in [-0.05, 0) is 51.0 Å². The molecule has 7 heteroatoms. The lowest BCUT2D eigenvalue weighted by molar-refractivity contribution is -0.144. The van der Waals surface area contributed by atoms with Crippen LogP contribution in [0.5, 0.6) is 0 Å². The van der Waals surface area contributed by atoms with Crippen LogP contribution in [0.2, 0.25) is 0 Å². The topological polar surface area (TPSA) is 96.5 Å². The average Bonchev–Trinajstić information content (AvgIpc) is 3.01. The molecule has 1 saturated heterocycles. The van der Waals surface area contributed by atoms with Crippen LogP contribution in [0.1, 0.15) is 35.9 Å². The maximum Gasteiger partial charge on any atom is 0.308 e. The first kappa shape index (κ1) is 16.2. The minimum absolute atomic E-state index is 0.151. The monoisotopic (exact) mass is 329 g/mol. The van der Waals surface area contributed by atoms with Gasteiger partial charge in [-0.1, -0.05) is 5.16 Å². The number of carboxylic acid groups (broad SMARTS) is 1. The minimum Gasteiger partial charge on any atom is -0.481 e. The Morgan fingerprint density at radius 2 is 2.00 bits per heavy atom. The average molecular weight is 329 g/mol. The number of carbonyl (C=O) groups excluding carboxylic acids is 1. The van der Waals surface area contributed by atoms with Crippen molar-refractivity contribution >= 4 is 11.9 Å². The highest BCUT2D eigenvalue weighted by Crippen LogP contribution is 2.26. The Morgan fingerprint density at radius 3 is 2.58 bits per heavy atom. The summed E-state index contributed by atoms with van der Waals surface area (Å²) in [7, 11) is 0. The molecular formula is C17H19N3O4. The van der Waals surface area contributed by atoms with Crippen molar-refractivity contribution in [2.75, 3.05) is 6.54 Å². The molecule has 2 aromatic rings. The number of benzene rings is 1. The Labute approximate surface area is 139 Å². The van der Waals surface area contributed by atoms with Gasteiger partial charge in [-0.2, -0.15) is 4.98 Å². The Bertz CT molecular complexity index is 753. The van der Waals surface area contributed by atoms with E-state index in [2.05, 4.69) is 10.1 Å². The van der Waals surface area contributed by atoms with E-state index in [0.717, 1.165) is 5.56 Å². The van der Waals surface area contributed by atoms with Crippen LogP contribution in [0.25, 0.3) is 11.5 Å². The molecule has 126 valence electrons. The first-order valence-corrected chi connectivity index (χ1v) is 7.92. The van der Waals surface area contributed by atoms with E-state index in [1.807, 2.05) is 0 Å². The van der Waals surface area contributed by atoms with Crippen LogP contribution >= 0.6 is 0 Å². The number of aliphatic carboxylic acids is 1. The number of rotatable bonds is 3. The smallest absolute Gasteiger partial charge is 0.308 e. The molecule has 3 rings (SSSR count). The van der Waals surface area contributed by atoms with Gasteiger partial charge in [0.2, 0.25) is 0 Å². The molecule has 1 aliphatic heterocycles. The van der Waals surface area contributed by atoms with Crippen LogP contribution in [0.15, 0.2) is 28.8 Å². The van der Waals surface area contributed by atoms with E-state index < -0.39 is 11.9 Å². The number of carboxylic acids is 1. The van der Waals surface area contributed by atoms with Crippen LogP contribution in [0.3, 0.4) is 0 Å². The molecule has 0 aliphatic carbocycles. The maximum atomic E-state index is 12.7. The maximum absolute atomic E-state index is 12.7. The van der Waals surface area contributed by atoms with Gasteiger partial charge in [0.25, 0.3) is 11.8 Å². The second-order valence-corrected chi connectivity index (χ2v) is 6.05. The summed E-state index contributed by atoms with van der Waals surface area (Å²) in [6, 6.07) is 6.59. The molecule has 1 aromatic heterocycles. The minimum atomic E-state index is -0.845. The summed E-state index contributed by atoms with van der Waals surface area (Å²) in [5, 5.41) is 13.0. The third kappa shape index (κ3) is 3.02. The summed E-state index contributed by atoms with van der Waals surface area (Å²) >= 11 is 0. The number of nitrogens with zero attached hydrogens (tertiary/aromatic N) is 3. The Kier molecular flexibility index (Phi) is 4.33. The number of likely N-dealkylation sites (tertiary alicyclic amines) is 1. The summed E-state index contributed by atoms with van der Waals surface area (Å²) in [6.07, 6.45) is 1.31. The molecule has 7 nitrogen and oxygen atoms in total. The van der Waals surface area contributed by atoms with Crippen molar-refractivity contribution in [2.45, 2.75) is 32.7 Å². The highest BCUT2D eigenvalue weighted by molar-refractivity contribution is 5.95. The van der Waals surface area contributed by atoms with E-state index in [1.165, 1.54) is 0 Å². The van der Waals surface area contributed by atoms with Crippen LogP contribution < -0.4 is 0 Å². The molecule has 1 N–H and O–H groups in total. The standard InChI is InChI=1S/C17H19N3O4/c1-10-14(17(22)23)4-3-9-20(10)16(21)13-7-5-12(6-8-13)15-18-11(2)19-24-15/h5-8,10,14H,3-4,9H2,1-2H3,(H,22,23). The predicted octanol–water partition coefficient (Wildman–Crippen LogP) is 2.37. The van der Waals surface area contributed by atoms with Crippen molar-refractivity contribution in [1.82, 2.24) is 15.0 Å². The number of aryl methyl sites for hydroxylation is 1. The third-order valence-electron chi connectivity index (χ3n) is 4.47. The molecule has 1 aromatic carbocycles. The zero-order chi connectivity index (χ0) is 17.3. The van der Waals surface area contributed by atoms with Gasteiger partial charge < -0.3 is 14.5 Å². The summed E-state index contributed by atoms with van der Waals surface area (Å²) in [5.74, 6) is -0.553. The second-order valence-electron chi connectivity index (χ2n) is 6.05. The molecule has 1 amide bonds. The first-order valence-electron chi connectivity index (χ1n) is 7.92. The zero-order valence-electron chi connectivity index (χ0n) is 13.6. The van der Waals surface area contributed by atoms with E-state index >= 15 is 0 Å². The zero-order valence-corrected chi connectivity index (χ0v) is 13.6. The number of amides is 1. The van der Waals surface area contributed by atoms with Gasteiger partial charge in [-0.25, -0.2) is 0 Å². The molecule has 0 saturated carbocycles. The number of hydrogen-bond acceptors (Lipinski definition) is 5. The van der Waals surface area contributed by atoms with Crippen molar-refractivity contribution in [3.8, 4) is 11.5 Å². The predicted molar refractivity (Wildman–Crippen MR) is 85.3 cm³/mol. The lowest BCUT2D eigenvalue weighted by atomic mass is 9.90. The van der Waals surface area contributed by atoms with Crippen LogP contribution in [0.4, 0.5) is 0 Å². The number of aromatic nitrogens is 2. The second kappa shape index (κ2) is 6.43. The van der Waals surface area contributed by atoms with Gasteiger partial charge in [0, 0.05) is 23.7 Å². The molecule has 24 heavy (non-hydrogen) atoms. The van der Waals surface area contributed by atoms with Crippen molar-refractivity contribution in [2.24, 2.45) is 5.92 Å². The van der Waals surface area contributed by atoms with Gasteiger partial charge in [0.1, 0.15) is 0 Å². The number of carbonyl (C=O) groups is 2. The van der Waals surface area contributed by atoms with Crippen molar-refractivity contribution in [1.29, 1.82) is 0 Å². The van der Waals surface area contributed by atoms with Crippen LogP contribution in [-0.4, -0.2) is 44.6 Å². The van der Waals surface area contributed by atoms with Crippen LogP contribution in [0, 0.1) is 12.8 Å². The highest BCUT2D eigenvalue weighted by Gasteiger charge is 2.35. The lowest BCUT2D eigenvalue weighted by Crippen LogP contribution is -2.49. The highest BCUT2D eigenvalue weighted by atomic mass is 16.5. The SMILES string of the molecule is Cc1noc(-c2ccc(C(=O)N3CCCC(C(=O)O)C3C)cc2)n1. The van der Waals surface area contributed by atoms with Crippen molar-refractivity contribution in [3.63, 3.8) is 0 Å². The third-order valence-corrected chi connectivity index (χ3v) is 4.47. The van der Waals surface area contributed by atoms with E-state index in [-0.39, 0.29) is 11.9 Å². The normalized spacial score (nSPS) is 20.8. The van der Waals surface area contributed by atoms with Gasteiger partial charge in [-0.15, -0.1) is 0 Å². The van der Waals surface area contributed by atoms with Gasteiger partial charge in [0.05, 0.1) is 5.92 Å². The van der Waals surface area contributed by atoms with Gasteiger partial charge >= 0.3 is 5.97 Å². The summed E-state index contributed by atoms with van der Waals surface area (Å²) < 4.78 is 5.10. The molecule has 2 atom stereocenters. The van der Waals surface area contributed by atoms with E-state index in [0.29, 0.717) is 36.7 Å². The molecule has 0 spiro atoms. The molecule has 1 fully saturated rings. The van der Waals surface area contributed by atoms with E-state index in [4.69, 9.17) is 4.52 Å². The fraction of sp³-hybridized carbons (Fsp3) is 0.412. The Morgan fingerprint density at radius 1 is 1.29 bits per heavy atom. The van der Waals surface area contributed by atoms with E-state index in [9.17, 15) is 14.7 Å². The summed E-state index contributed by atoms with van der Waals surface area (Å²) in [6.45, 7) is 4.11. The Hall–Kier alpha value is -2.70. The first-order chi connectivity index (χ1) is 11.5. The van der Waals surface area contributed by atoms with Gasteiger partial charge in [-0.3, -0.25) is 9.59 Å². The summed E-state index contributed by atoms with van der Waals surface area (Å²) in [4.78, 5) is 29.8. The summed E-state index contributed by atoms with van der Waals surface area (Å²) in [5.41, 5.74) is 1.26. The fourth-order valence-electron chi connectivity index (χ4n) is 3.10. The van der Waals surface area contributed by atoms with Crippen molar-refractivity contribution in [3.05, 3.63) is 35.7 Å². The molecule has 2 unspecified atom stereocenters. The number of piperidine rings is 1. The van der Waals surface area contributed by atoms with E-state index in [1.54, 1.807) is 43.0 Å². The lowest BCUT2D eigenvalue weighted by Gasteiger charge is -2.37. The Balaban J connectivity index is 1.78. The fourth-order valence-corrected chi connectivity index (χ4v) is 3.10. The van der Waals surface area contributed by atoms with Gasteiger partial charge in [0.15, 0.2) is 5.82 Å². The molecule has 0 bridgehead atoms. The van der Waals surface area contributed by atoms with Crippen molar-refractivity contribution < 1.29 is 19.2 Å².